The molecule has 0 aliphatic rings. The monoisotopic (exact) mass is 304 g/mol. The van der Waals surface area contributed by atoms with Crippen molar-refractivity contribution >= 4 is 22.5 Å². The van der Waals surface area contributed by atoms with E-state index in [0.29, 0.717) is 16.7 Å². The number of ether oxygens (including phenoxy) is 1. The Labute approximate surface area is 134 Å². The summed E-state index contributed by atoms with van der Waals surface area (Å²) in [5.41, 5.74) is 1.22. The van der Waals surface area contributed by atoms with E-state index in [1.807, 2.05) is 30.3 Å². The molecule has 0 atom stereocenters. The summed E-state index contributed by atoms with van der Waals surface area (Å²) in [6.07, 6.45) is 0. The van der Waals surface area contributed by atoms with Crippen molar-refractivity contribution < 1.29 is 14.3 Å². The lowest BCUT2D eigenvalue weighted by Gasteiger charge is -2.10. The van der Waals surface area contributed by atoms with Crippen LogP contribution in [-0.2, 0) is 4.74 Å². The Hall–Kier alpha value is -2.94. The zero-order valence-corrected chi connectivity index (χ0v) is 12.8. The van der Waals surface area contributed by atoms with Crippen LogP contribution in [0.4, 0.5) is 0 Å². The van der Waals surface area contributed by atoms with E-state index in [2.05, 4.69) is 0 Å². The number of hydrogen-bond acceptors (Lipinski definition) is 3. The van der Waals surface area contributed by atoms with Crippen LogP contribution in [0.25, 0.3) is 10.8 Å². The first kappa shape index (κ1) is 15.0. The molecule has 0 saturated heterocycles. The number of rotatable bonds is 4. The topological polar surface area (TPSA) is 43.4 Å². The molecule has 0 unspecified atom stereocenters. The van der Waals surface area contributed by atoms with E-state index >= 15 is 0 Å². The van der Waals surface area contributed by atoms with E-state index in [0.717, 1.165) is 10.8 Å². The number of benzene rings is 3. The molecule has 3 rings (SSSR count). The molecule has 0 aliphatic carbocycles. The molecule has 0 aliphatic heterocycles. The lowest BCUT2D eigenvalue weighted by molar-refractivity contribution is 0.0523. The van der Waals surface area contributed by atoms with Crippen LogP contribution in [0.3, 0.4) is 0 Å². The SMILES string of the molecule is CCOC(=O)c1cc2ccccc2cc1C(=O)c1ccccc1. The molecular formula is C20H16O3. The molecule has 0 spiro atoms. The largest absolute Gasteiger partial charge is 0.462 e. The number of esters is 1. The van der Waals surface area contributed by atoms with Gasteiger partial charge in [0.1, 0.15) is 0 Å². The van der Waals surface area contributed by atoms with Gasteiger partial charge >= 0.3 is 5.97 Å². The standard InChI is InChI=1S/C20H16O3/c1-2-23-20(22)18-13-16-11-7-6-10-15(16)12-17(18)19(21)14-8-4-3-5-9-14/h3-13H,2H2,1H3. The number of carbonyl (C=O) groups is 2. The quantitative estimate of drug-likeness (QED) is 0.534. The van der Waals surface area contributed by atoms with Gasteiger partial charge in [-0.2, -0.15) is 0 Å². The van der Waals surface area contributed by atoms with Gasteiger partial charge in [0, 0.05) is 11.1 Å². The molecule has 3 nitrogen and oxygen atoms in total. The average molecular weight is 304 g/mol. The maximum absolute atomic E-state index is 12.8. The first-order valence-electron chi connectivity index (χ1n) is 7.50. The summed E-state index contributed by atoms with van der Waals surface area (Å²) in [7, 11) is 0. The molecule has 0 heterocycles. The van der Waals surface area contributed by atoms with Crippen molar-refractivity contribution in [2.45, 2.75) is 6.92 Å². The van der Waals surface area contributed by atoms with Gasteiger partial charge in [0.05, 0.1) is 12.2 Å². The zero-order valence-electron chi connectivity index (χ0n) is 12.8. The number of fused-ring (bicyclic) bond motifs is 1. The Kier molecular flexibility index (Phi) is 4.20. The van der Waals surface area contributed by atoms with E-state index in [1.165, 1.54) is 0 Å². The second kappa shape index (κ2) is 6.44. The highest BCUT2D eigenvalue weighted by Gasteiger charge is 2.20. The van der Waals surface area contributed by atoms with Crippen molar-refractivity contribution in [1.82, 2.24) is 0 Å². The highest BCUT2D eigenvalue weighted by molar-refractivity contribution is 6.16. The van der Waals surface area contributed by atoms with Crippen molar-refractivity contribution in [3.05, 3.63) is 83.4 Å². The minimum atomic E-state index is -0.475. The molecular weight excluding hydrogens is 288 g/mol. The molecule has 0 N–H and O–H groups in total. The summed E-state index contributed by atoms with van der Waals surface area (Å²) in [5.74, 6) is -0.656. The van der Waals surface area contributed by atoms with Gasteiger partial charge in [0.25, 0.3) is 0 Å². The Bertz CT molecular complexity index is 866. The minimum Gasteiger partial charge on any atom is -0.462 e. The molecule has 0 saturated carbocycles. The summed E-state index contributed by atoms with van der Waals surface area (Å²) in [6.45, 7) is 2.02. The fourth-order valence-electron chi connectivity index (χ4n) is 2.55. The molecule has 3 aromatic rings. The van der Waals surface area contributed by atoms with Crippen molar-refractivity contribution in [2.24, 2.45) is 0 Å². The number of hydrogen-bond donors (Lipinski definition) is 0. The van der Waals surface area contributed by atoms with Gasteiger partial charge in [-0.05, 0) is 29.8 Å². The maximum Gasteiger partial charge on any atom is 0.338 e. The molecule has 0 amide bonds. The van der Waals surface area contributed by atoms with Crippen molar-refractivity contribution in [2.75, 3.05) is 6.61 Å². The molecule has 0 fully saturated rings. The summed E-state index contributed by atoms with van der Waals surface area (Å²) >= 11 is 0. The van der Waals surface area contributed by atoms with Gasteiger partial charge in [0.15, 0.2) is 5.78 Å². The summed E-state index contributed by atoms with van der Waals surface area (Å²) in [5, 5.41) is 1.82. The Morgan fingerprint density at radius 1 is 0.826 bits per heavy atom. The molecule has 114 valence electrons. The third-order valence-corrected chi connectivity index (χ3v) is 3.66. The Morgan fingerprint density at radius 3 is 2.00 bits per heavy atom. The fraction of sp³-hybridized carbons (Fsp3) is 0.100. The minimum absolute atomic E-state index is 0.181. The number of carbonyl (C=O) groups excluding carboxylic acids is 2. The molecule has 0 aromatic heterocycles. The Balaban J connectivity index is 2.18. The zero-order chi connectivity index (χ0) is 16.2. The van der Waals surface area contributed by atoms with Gasteiger partial charge in [-0.25, -0.2) is 4.79 Å². The highest BCUT2D eigenvalue weighted by Crippen LogP contribution is 2.23. The lowest BCUT2D eigenvalue weighted by Crippen LogP contribution is -2.13. The van der Waals surface area contributed by atoms with Crippen LogP contribution in [0.2, 0.25) is 0 Å². The van der Waals surface area contributed by atoms with E-state index < -0.39 is 5.97 Å². The van der Waals surface area contributed by atoms with Crippen molar-refractivity contribution in [3.8, 4) is 0 Å². The van der Waals surface area contributed by atoms with E-state index in [4.69, 9.17) is 4.74 Å². The van der Waals surface area contributed by atoms with E-state index in [9.17, 15) is 9.59 Å². The average Bonchev–Trinajstić information content (AvgIpc) is 2.61. The lowest BCUT2D eigenvalue weighted by atomic mass is 9.95. The van der Waals surface area contributed by atoms with Crippen LogP contribution in [0.15, 0.2) is 66.7 Å². The van der Waals surface area contributed by atoms with Crippen LogP contribution in [0, 0.1) is 0 Å². The predicted octanol–water partition coefficient (Wildman–Crippen LogP) is 4.25. The second-order valence-corrected chi connectivity index (χ2v) is 5.16. The summed E-state index contributed by atoms with van der Waals surface area (Å²) in [4.78, 5) is 25.1. The first-order chi connectivity index (χ1) is 11.2. The van der Waals surface area contributed by atoms with Gasteiger partial charge < -0.3 is 4.74 Å². The third kappa shape index (κ3) is 2.99. The van der Waals surface area contributed by atoms with E-state index in [1.54, 1.807) is 43.3 Å². The predicted molar refractivity (Wildman–Crippen MR) is 89.8 cm³/mol. The second-order valence-electron chi connectivity index (χ2n) is 5.16. The fourth-order valence-corrected chi connectivity index (χ4v) is 2.55. The van der Waals surface area contributed by atoms with Crippen LogP contribution < -0.4 is 0 Å². The van der Waals surface area contributed by atoms with Crippen LogP contribution in [-0.4, -0.2) is 18.4 Å². The van der Waals surface area contributed by atoms with Crippen molar-refractivity contribution in [3.63, 3.8) is 0 Å². The molecule has 3 aromatic carbocycles. The Morgan fingerprint density at radius 2 is 1.39 bits per heavy atom. The number of ketones is 1. The molecule has 0 bridgehead atoms. The maximum atomic E-state index is 12.8. The molecule has 23 heavy (non-hydrogen) atoms. The van der Waals surface area contributed by atoms with Crippen LogP contribution in [0.1, 0.15) is 33.2 Å². The summed E-state index contributed by atoms with van der Waals surface area (Å²) in [6, 6.07) is 20.1. The molecule has 3 heteroatoms. The smallest absolute Gasteiger partial charge is 0.338 e. The van der Waals surface area contributed by atoms with Gasteiger partial charge in [-0.15, -0.1) is 0 Å². The summed E-state index contributed by atoms with van der Waals surface area (Å²) < 4.78 is 5.11. The van der Waals surface area contributed by atoms with Gasteiger partial charge in [0.2, 0.25) is 0 Å². The van der Waals surface area contributed by atoms with E-state index in [-0.39, 0.29) is 12.4 Å². The normalized spacial score (nSPS) is 10.5. The van der Waals surface area contributed by atoms with Crippen molar-refractivity contribution in [1.29, 1.82) is 0 Å². The van der Waals surface area contributed by atoms with Crippen LogP contribution >= 0.6 is 0 Å². The van der Waals surface area contributed by atoms with Crippen LogP contribution in [0.5, 0.6) is 0 Å². The van der Waals surface area contributed by atoms with Gasteiger partial charge in [-0.3, -0.25) is 4.79 Å². The first-order valence-corrected chi connectivity index (χ1v) is 7.50. The van der Waals surface area contributed by atoms with Gasteiger partial charge in [-0.1, -0.05) is 54.6 Å². The third-order valence-electron chi connectivity index (χ3n) is 3.66. The highest BCUT2D eigenvalue weighted by atomic mass is 16.5. The molecule has 0 radical (unpaired) electrons.